The van der Waals surface area contributed by atoms with Crippen molar-refractivity contribution in [2.24, 2.45) is 0 Å². The number of thioether (sulfide) groups is 1. The minimum atomic E-state index is -0.233. The Labute approximate surface area is 107 Å². The highest BCUT2D eigenvalue weighted by atomic mass is 32.2. The van der Waals surface area contributed by atoms with Crippen LogP contribution in [0.1, 0.15) is 5.56 Å². The number of rotatable bonds is 4. The number of hydrogen-bond acceptors (Lipinski definition) is 5. The summed E-state index contributed by atoms with van der Waals surface area (Å²) in [7, 11) is 1.54. The zero-order chi connectivity index (χ0) is 12.3. The van der Waals surface area contributed by atoms with E-state index in [1.807, 2.05) is 16.8 Å². The Morgan fingerprint density at radius 3 is 2.94 bits per heavy atom. The standard InChI is InChI=1S/C11H11NO3S2/c1-15-4-3-12-10(13)9(17-11(12)14)6-8-2-5-16-7-8/h2,5-7H,3-4H2,1H3/b9-6+. The van der Waals surface area contributed by atoms with Crippen LogP contribution in [0.3, 0.4) is 0 Å². The van der Waals surface area contributed by atoms with Crippen LogP contribution < -0.4 is 0 Å². The molecule has 6 heteroatoms. The lowest BCUT2D eigenvalue weighted by Crippen LogP contribution is -2.31. The summed E-state index contributed by atoms with van der Waals surface area (Å²) in [5.41, 5.74) is 0.951. The van der Waals surface area contributed by atoms with Gasteiger partial charge in [-0.1, -0.05) is 0 Å². The van der Waals surface area contributed by atoms with E-state index in [0.29, 0.717) is 18.1 Å². The van der Waals surface area contributed by atoms with Gasteiger partial charge in [0.15, 0.2) is 0 Å². The highest BCUT2D eigenvalue weighted by molar-refractivity contribution is 8.18. The molecule has 0 spiro atoms. The van der Waals surface area contributed by atoms with Gasteiger partial charge in [0.1, 0.15) is 0 Å². The highest BCUT2D eigenvalue weighted by Crippen LogP contribution is 2.32. The largest absolute Gasteiger partial charge is 0.383 e. The summed E-state index contributed by atoms with van der Waals surface area (Å²) in [4.78, 5) is 25.2. The average molecular weight is 269 g/mol. The molecule has 1 saturated heterocycles. The molecule has 0 N–H and O–H groups in total. The number of carbonyl (C=O) groups is 2. The molecule has 1 aliphatic rings. The van der Waals surface area contributed by atoms with Crippen LogP contribution in [0.15, 0.2) is 21.7 Å². The van der Waals surface area contributed by atoms with Gasteiger partial charge in [-0.05, 0) is 40.2 Å². The Hall–Kier alpha value is -1.11. The molecule has 2 heterocycles. The van der Waals surface area contributed by atoms with Gasteiger partial charge in [-0.15, -0.1) is 0 Å². The number of hydrogen-bond donors (Lipinski definition) is 0. The summed E-state index contributed by atoms with van der Waals surface area (Å²) in [5, 5.41) is 3.64. The third kappa shape index (κ3) is 2.77. The maximum absolute atomic E-state index is 11.9. The van der Waals surface area contributed by atoms with Crippen LogP contribution in [-0.4, -0.2) is 36.3 Å². The number of methoxy groups -OCH3 is 1. The lowest BCUT2D eigenvalue weighted by atomic mass is 10.3. The van der Waals surface area contributed by atoms with Crippen molar-refractivity contribution in [1.82, 2.24) is 4.90 Å². The Morgan fingerprint density at radius 2 is 2.29 bits per heavy atom. The second-order valence-corrected chi connectivity index (χ2v) is 5.16. The van der Waals surface area contributed by atoms with Crippen LogP contribution in [0.25, 0.3) is 6.08 Å². The van der Waals surface area contributed by atoms with Crippen molar-refractivity contribution >= 4 is 40.3 Å². The molecule has 0 bridgehead atoms. The molecule has 0 atom stereocenters. The molecule has 1 aromatic heterocycles. The molecule has 4 nitrogen and oxygen atoms in total. The molecule has 0 unspecified atom stereocenters. The van der Waals surface area contributed by atoms with E-state index in [4.69, 9.17) is 4.74 Å². The van der Waals surface area contributed by atoms with Gasteiger partial charge >= 0.3 is 0 Å². The summed E-state index contributed by atoms with van der Waals surface area (Å²) in [6.45, 7) is 0.673. The summed E-state index contributed by atoms with van der Waals surface area (Å²) in [6.07, 6.45) is 1.74. The molecule has 0 aromatic carbocycles. The average Bonchev–Trinajstić information content (AvgIpc) is 2.89. The zero-order valence-electron chi connectivity index (χ0n) is 9.21. The molecule has 0 saturated carbocycles. The first-order chi connectivity index (χ1) is 8.22. The Kier molecular flexibility index (Phi) is 3.98. The van der Waals surface area contributed by atoms with Crippen molar-refractivity contribution in [1.29, 1.82) is 0 Å². The summed E-state index contributed by atoms with van der Waals surface area (Å²) >= 11 is 2.53. The molecule has 0 radical (unpaired) electrons. The fourth-order valence-electron chi connectivity index (χ4n) is 1.38. The number of carbonyl (C=O) groups excluding carboxylic acids is 2. The van der Waals surface area contributed by atoms with E-state index in [1.54, 1.807) is 24.5 Å². The molecular formula is C11H11NO3S2. The number of thiophene rings is 1. The van der Waals surface area contributed by atoms with Crippen LogP contribution in [0.2, 0.25) is 0 Å². The van der Waals surface area contributed by atoms with Crippen LogP contribution in [0, 0.1) is 0 Å². The third-order valence-electron chi connectivity index (χ3n) is 2.23. The van der Waals surface area contributed by atoms with Gasteiger partial charge < -0.3 is 4.74 Å². The van der Waals surface area contributed by atoms with Gasteiger partial charge in [0, 0.05) is 7.11 Å². The highest BCUT2D eigenvalue weighted by Gasteiger charge is 2.34. The monoisotopic (exact) mass is 269 g/mol. The SMILES string of the molecule is COCCN1C(=O)S/C(=C/c2ccsc2)C1=O. The van der Waals surface area contributed by atoms with Gasteiger partial charge in [-0.2, -0.15) is 11.3 Å². The van der Waals surface area contributed by atoms with E-state index in [2.05, 4.69) is 0 Å². The van der Waals surface area contributed by atoms with Crippen LogP contribution in [-0.2, 0) is 9.53 Å². The van der Waals surface area contributed by atoms with E-state index >= 15 is 0 Å². The van der Waals surface area contributed by atoms with Crippen molar-refractivity contribution in [2.75, 3.05) is 20.3 Å². The van der Waals surface area contributed by atoms with E-state index in [9.17, 15) is 9.59 Å². The van der Waals surface area contributed by atoms with Gasteiger partial charge in [0.2, 0.25) is 0 Å². The fourth-order valence-corrected chi connectivity index (χ4v) is 2.87. The molecule has 17 heavy (non-hydrogen) atoms. The second-order valence-electron chi connectivity index (χ2n) is 3.38. The van der Waals surface area contributed by atoms with Gasteiger partial charge in [-0.3, -0.25) is 14.5 Å². The predicted octanol–water partition coefficient (Wildman–Crippen LogP) is 2.43. The second kappa shape index (κ2) is 5.48. The van der Waals surface area contributed by atoms with Crippen LogP contribution >= 0.6 is 23.1 Å². The summed E-state index contributed by atoms with van der Waals surface area (Å²) in [5.74, 6) is -0.233. The van der Waals surface area contributed by atoms with E-state index in [1.165, 1.54) is 4.90 Å². The summed E-state index contributed by atoms with van der Waals surface area (Å²) in [6, 6.07) is 1.91. The van der Waals surface area contributed by atoms with E-state index in [-0.39, 0.29) is 11.1 Å². The lowest BCUT2D eigenvalue weighted by Gasteiger charge is -2.10. The first kappa shape index (κ1) is 12.3. The smallest absolute Gasteiger partial charge is 0.293 e. The number of imide groups is 1. The van der Waals surface area contributed by atoms with Crippen molar-refractivity contribution in [3.05, 3.63) is 27.3 Å². The maximum Gasteiger partial charge on any atom is 0.293 e. The first-order valence-corrected chi connectivity index (χ1v) is 6.75. The maximum atomic E-state index is 11.9. The van der Waals surface area contributed by atoms with Crippen LogP contribution in [0.4, 0.5) is 4.79 Å². The number of amides is 2. The minimum Gasteiger partial charge on any atom is -0.383 e. The van der Waals surface area contributed by atoms with Gasteiger partial charge in [0.05, 0.1) is 18.1 Å². The normalized spacial score (nSPS) is 18.4. The molecule has 1 aromatic rings. The Bertz CT molecular complexity index is 453. The molecule has 0 aliphatic carbocycles. The fraction of sp³-hybridized carbons (Fsp3) is 0.273. The molecule has 1 aliphatic heterocycles. The number of nitrogens with zero attached hydrogens (tertiary/aromatic N) is 1. The van der Waals surface area contributed by atoms with Crippen molar-refractivity contribution < 1.29 is 14.3 Å². The zero-order valence-corrected chi connectivity index (χ0v) is 10.8. The van der Waals surface area contributed by atoms with Gasteiger partial charge in [0.25, 0.3) is 11.1 Å². The third-order valence-corrected chi connectivity index (χ3v) is 3.84. The Morgan fingerprint density at radius 1 is 1.47 bits per heavy atom. The van der Waals surface area contributed by atoms with E-state index in [0.717, 1.165) is 17.3 Å². The molecule has 2 amide bonds. The van der Waals surface area contributed by atoms with Gasteiger partial charge in [-0.25, -0.2) is 0 Å². The first-order valence-electron chi connectivity index (χ1n) is 4.99. The molecule has 90 valence electrons. The van der Waals surface area contributed by atoms with Crippen LogP contribution in [0.5, 0.6) is 0 Å². The minimum absolute atomic E-state index is 0.228. The van der Waals surface area contributed by atoms with Crippen molar-refractivity contribution in [3.8, 4) is 0 Å². The topological polar surface area (TPSA) is 46.6 Å². The molecular weight excluding hydrogens is 258 g/mol. The summed E-state index contributed by atoms with van der Waals surface area (Å²) < 4.78 is 4.87. The quantitative estimate of drug-likeness (QED) is 0.788. The van der Waals surface area contributed by atoms with Crippen molar-refractivity contribution in [2.45, 2.75) is 0 Å². The predicted molar refractivity (Wildman–Crippen MR) is 68.9 cm³/mol. The lowest BCUT2D eigenvalue weighted by molar-refractivity contribution is -0.123. The molecule has 1 fully saturated rings. The van der Waals surface area contributed by atoms with E-state index < -0.39 is 0 Å². The Balaban J connectivity index is 2.13. The number of ether oxygens (including phenoxy) is 1. The van der Waals surface area contributed by atoms with Crippen molar-refractivity contribution in [3.63, 3.8) is 0 Å². The molecule has 2 rings (SSSR count).